The molecule has 1 amide bonds. The summed E-state index contributed by atoms with van der Waals surface area (Å²) in [5, 5.41) is 0. The maximum atomic E-state index is 11.2. The van der Waals surface area contributed by atoms with Gasteiger partial charge in [0.15, 0.2) is 0 Å². The summed E-state index contributed by atoms with van der Waals surface area (Å²) in [6.45, 7) is 4.37. The van der Waals surface area contributed by atoms with Gasteiger partial charge in [-0.05, 0) is 37.6 Å². The van der Waals surface area contributed by atoms with Crippen LogP contribution in [0.2, 0.25) is 0 Å². The van der Waals surface area contributed by atoms with Crippen molar-refractivity contribution in [2.75, 3.05) is 6.61 Å². The number of nitrogens with two attached hydrogens (primary N) is 1. The predicted octanol–water partition coefficient (Wildman–Crippen LogP) is 0.997. The molecule has 0 atom stereocenters. The van der Waals surface area contributed by atoms with Crippen molar-refractivity contribution >= 4 is 5.91 Å². The number of amides is 1. The number of hydrogen-bond donors (Lipinski definition) is 2. The highest BCUT2D eigenvalue weighted by molar-refractivity contribution is 5.94. The van der Waals surface area contributed by atoms with E-state index < -0.39 is 0 Å². The summed E-state index contributed by atoms with van der Waals surface area (Å²) in [5.74, 6) is 5.41. The van der Waals surface area contributed by atoms with Crippen LogP contribution in [0.15, 0.2) is 18.2 Å². The second-order valence-electron chi connectivity index (χ2n) is 2.94. The standard InChI is InChI=1S/C10H14N2O2/c1-3-14-9-5-7(2)4-8(6-9)10(13)12-11/h4-6H,3,11H2,1-2H3,(H,12,13). The van der Waals surface area contributed by atoms with E-state index in [0.717, 1.165) is 5.56 Å². The number of aryl methyl sites for hydroxylation is 1. The average Bonchev–Trinajstić information content (AvgIpc) is 2.16. The zero-order chi connectivity index (χ0) is 10.6. The van der Waals surface area contributed by atoms with Crippen molar-refractivity contribution in [3.05, 3.63) is 29.3 Å². The minimum atomic E-state index is -0.311. The molecule has 1 aromatic rings. The molecule has 0 bridgehead atoms. The van der Waals surface area contributed by atoms with E-state index in [9.17, 15) is 4.79 Å². The van der Waals surface area contributed by atoms with E-state index in [1.807, 2.05) is 19.9 Å². The van der Waals surface area contributed by atoms with Crippen LogP contribution in [-0.2, 0) is 0 Å². The van der Waals surface area contributed by atoms with Crippen LogP contribution >= 0.6 is 0 Å². The normalized spacial score (nSPS) is 9.64. The molecule has 4 heteroatoms. The first-order chi connectivity index (χ1) is 6.67. The number of nitrogen functional groups attached to an aromatic ring is 1. The van der Waals surface area contributed by atoms with E-state index in [4.69, 9.17) is 10.6 Å². The second-order valence-corrected chi connectivity index (χ2v) is 2.94. The van der Waals surface area contributed by atoms with Crippen LogP contribution in [0, 0.1) is 6.92 Å². The van der Waals surface area contributed by atoms with Gasteiger partial charge in [0.1, 0.15) is 5.75 Å². The Balaban J connectivity index is 3.00. The molecule has 0 radical (unpaired) electrons. The summed E-state index contributed by atoms with van der Waals surface area (Å²) in [7, 11) is 0. The van der Waals surface area contributed by atoms with Crippen molar-refractivity contribution in [3.63, 3.8) is 0 Å². The Morgan fingerprint density at radius 1 is 1.50 bits per heavy atom. The van der Waals surface area contributed by atoms with Crippen molar-refractivity contribution in [2.45, 2.75) is 13.8 Å². The van der Waals surface area contributed by atoms with Crippen LogP contribution < -0.4 is 16.0 Å². The molecule has 0 aliphatic rings. The average molecular weight is 194 g/mol. The molecule has 4 nitrogen and oxygen atoms in total. The van der Waals surface area contributed by atoms with Gasteiger partial charge in [-0.15, -0.1) is 0 Å². The lowest BCUT2D eigenvalue weighted by molar-refractivity contribution is 0.0953. The Bertz CT molecular complexity index is 337. The van der Waals surface area contributed by atoms with E-state index in [0.29, 0.717) is 17.9 Å². The Morgan fingerprint density at radius 3 is 2.79 bits per heavy atom. The SMILES string of the molecule is CCOc1cc(C)cc(C(=O)NN)c1. The highest BCUT2D eigenvalue weighted by Crippen LogP contribution is 2.16. The third-order valence-electron chi connectivity index (χ3n) is 1.76. The quantitative estimate of drug-likeness (QED) is 0.428. The molecule has 0 saturated carbocycles. The first-order valence-corrected chi connectivity index (χ1v) is 4.42. The van der Waals surface area contributed by atoms with E-state index in [2.05, 4.69) is 5.43 Å². The van der Waals surface area contributed by atoms with E-state index in [1.54, 1.807) is 12.1 Å². The lowest BCUT2D eigenvalue weighted by atomic mass is 10.1. The fourth-order valence-corrected chi connectivity index (χ4v) is 1.21. The van der Waals surface area contributed by atoms with Crippen molar-refractivity contribution in [1.82, 2.24) is 5.43 Å². The molecule has 14 heavy (non-hydrogen) atoms. The maximum absolute atomic E-state index is 11.2. The van der Waals surface area contributed by atoms with E-state index >= 15 is 0 Å². The molecule has 0 unspecified atom stereocenters. The van der Waals surface area contributed by atoms with Gasteiger partial charge in [0.2, 0.25) is 0 Å². The summed E-state index contributed by atoms with van der Waals surface area (Å²) < 4.78 is 5.30. The number of nitrogens with one attached hydrogen (secondary N) is 1. The summed E-state index contributed by atoms with van der Waals surface area (Å²) in [6, 6.07) is 5.29. The maximum Gasteiger partial charge on any atom is 0.265 e. The molecule has 1 rings (SSSR count). The van der Waals surface area contributed by atoms with E-state index in [1.165, 1.54) is 0 Å². The number of rotatable bonds is 3. The molecular formula is C10H14N2O2. The smallest absolute Gasteiger partial charge is 0.265 e. The van der Waals surface area contributed by atoms with Crippen molar-refractivity contribution in [2.24, 2.45) is 5.84 Å². The first-order valence-electron chi connectivity index (χ1n) is 4.42. The molecule has 1 aromatic carbocycles. The van der Waals surface area contributed by atoms with E-state index in [-0.39, 0.29) is 5.91 Å². The fraction of sp³-hybridized carbons (Fsp3) is 0.300. The van der Waals surface area contributed by atoms with Gasteiger partial charge in [0, 0.05) is 5.56 Å². The van der Waals surface area contributed by atoms with Gasteiger partial charge in [0.25, 0.3) is 5.91 Å². The molecule has 76 valence electrons. The monoisotopic (exact) mass is 194 g/mol. The van der Waals surface area contributed by atoms with Gasteiger partial charge in [-0.25, -0.2) is 5.84 Å². The Kier molecular flexibility index (Phi) is 3.48. The largest absolute Gasteiger partial charge is 0.494 e. The summed E-state index contributed by atoms with van der Waals surface area (Å²) >= 11 is 0. The second kappa shape index (κ2) is 4.62. The molecular weight excluding hydrogens is 180 g/mol. The third-order valence-corrected chi connectivity index (χ3v) is 1.76. The van der Waals surface area contributed by atoms with Gasteiger partial charge in [-0.2, -0.15) is 0 Å². The molecule has 0 heterocycles. The number of carbonyl (C=O) groups is 1. The van der Waals surface area contributed by atoms with Crippen LogP contribution in [0.25, 0.3) is 0 Å². The Morgan fingerprint density at radius 2 is 2.21 bits per heavy atom. The Hall–Kier alpha value is -1.55. The minimum Gasteiger partial charge on any atom is -0.494 e. The van der Waals surface area contributed by atoms with Gasteiger partial charge < -0.3 is 4.74 Å². The van der Waals surface area contributed by atoms with Gasteiger partial charge in [-0.3, -0.25) is 10.2 Å². The molecule has 0 aliphatic carbocycles. The topological polar surface area (TPSA) is 64.3 Å². The summed E-state index contributed by atoms with van der Waals surface area (Å²) in [4.78, 5) is 11.2. The first kappa shape index (κ1) is 10.5. The van der Waals surface area contributed by atoms with Crippen LogP contribution in [0.1, 0.15) is 22.8 Å². The molecule has 0 saturated heterocycles. The Labute approximate surface area is 83.0 Å². The van der Waals surface area contributed by atoms with Crippen molar-refractivity contribution in [1.29, 1.82) is 0 Å². The zero-order valence-electron chi connectivity index (χ0n) is 8.33. The number of benzene rings is 1. The highest BCUT2D eigenvalue weighted by Gasteiger charge is 2.05. The molecule has 0 aromatic heterocycles. The number of hydrazine groups is 1. The molecule has 0 fully saturated rings. The minimum absolute atomic E-state index is 0.311. The van der Waals surface area contributed by atoms with Crippen LogP contribution in [0.4, 0.5) is 0 Å². The van der Waals surface area contributed by atoms with Crippen LogP contribution in [0.3, 0.4) is 0 Å². The third kappa shape index (κ3) is 2.47. The van der Waals surface area contributed by atoms with Crippen LogP contribution in [-0.4, -0.2) is 12.5 Å². The van der Waals surface area contributed by atoms with Crippen molar-refractivity contribution < 1.29 is 9.53 Å². The zero-order valence-corrected chi connectivity index (χ0v) is 8.33. The predicted molar refractivity (Wildman–Crippen MR) is 54.0 cm³/mol. The van der Waals surface area contributed by atoms with Crippen molar-refractivity contribution in [3.8, 4) is 5.75 Å². The van der Waals surface area contributed by atoms with Gasteiger partial charge in [0.05, 0.1) is 6.61 Å². The van der Waals surface area contributed by atoms with Gasteiger partial charge in [-0.1, -0.05) is 0 Å². The number of ether oxygens (including phenoxy) is 1. The van der Waals surface area contributed by atoms with Crippen LogP contribution in [0.5, 0.6) is 5.75 Å². The summed E-state index contributed by atoms with van der Waals surface area (Å²) in [6.07, 6.45) is 0. The summed E-state index contributed by atoms with van der Waals surface area (Å²) in [5.41, 5.74) is 3.56. The lowest BCUT2D eigenvalue weighted by Crippen LogP contribution is -2.30. The fourth-order valence-electron chi connectivity index (χ4n) is 1.21. The number of carbonyl (C=O) groups excluding carboxylic acids is 1. The molecule has 3 N–H and O–H groups in total. The van der Waals surface area contributed by atoms with Gasteiger partial charge >= 0.3 is 0 Å². The lowest BCUT2D eigenvalue weighted by Gasteiger charge is -2.06. The number of hydrogen-bond acceptors (Lipinski definition) is 3. The molecule has 0 aliphatic heterocycles. The highest BCUT2D eigenvalue weighted by atomic mass is 16.5. The molecule has 0 spiro atoms.